The number of nitrogens with one attached hydrogen (secondary N) is 1. The Morgan fingerprint density at radius 1 is 1.33 bits per heavy atom. The zero-order valence-electron chi connectivity index (χ0n) is 13.8. The average Bonchev–Trinajstić information content (AvgIpc) is 3.11. The first kappa shape index (κ1) is 18.0. The molecule has 1 aliphatic heterocycles. The molecule has 24 heavy (non-hydrogen) atoms. The van der Waals surface area contributed by atoms with Gasteiger partial charge in [-0.05, 0) is 43.5 Å². The molecular formula is C18H23NO5. The summed E-state index contributed by atoms with van der Waals surface area (Å²) in [6.07, 6.45) is 4.96. The van der Waals surface area contributed by atoms with Gasteiger partial charge in [-0.3, -0.25) is 4.79 Å². The highest BCUT2D eigenvalue weighted by Crippen LogP contribution is 2.13. The van der Waals surface area contributed by atoms with E-state index in [1.807, 2.05) is 31.2 Å². The van der Waals surface area contributed by atoms with Gasteiger partial charge >= 0.3 is 5.97 Å². The molecule has 1 fully saturated rings. The second-order valence-electron chi connectivity index (χ2n) is 5.38. The lowest BCUT2D eigenvalue weighted by molar-refractivity contribution is -0.143. The first-order valence-electron chi connectivity index (χ1n) is 8.13. The van der Waals surface area contributed by atoms with E-state index in [2.05, 4.69) is 5.32 Å². The fraction of sp³-hybridized carbons (Fsp3) is 0.444. The molecule has 0 unspecified atom stereocenters. The first-order valence-corrected chi connectivity index (χ1v) is 8.13. The van der Waals surface area contributed by atoms with E-state index in [1.165, 1.54) is 6.08 Å². The van der Waals surface area contributed by atoms with Crippen LogP contribution in [0, 0.1) is 0 Å². The van der Waals surface area contributed by atoms with E-state index in [-0.39, 0.29) is 18.6 Å². The number of benzene rings is 1. The van der Waals surface area contributed by atoms with Crippen molar-refractivity contribution in [1.29, 1.82) is 0 Å². The lowest BCUT2D eigenvalue weighted by Crippen LogP contribution is -2.34. The number of esters is 1. The van der Waals surface area contributed by atoms with Crippen LogP contribution in [0.2, 0.25) is 0 Å². The zero-order valence-corrected chi connectivity index (χ0v) is 13.8. The van der Waals surface area contributed by atoms with Crippen molar-refractivity contribution in [3.8, 4) is 5.75 Å². The Morgan fingerprint density at radius 3 is 2.79 bits per heavy atom. The normalized spacial score (nSPS) is 17.0. The third kappa shape index (κ3) is 6.42. The number of hydrogen-bond acceptors (Lipinski definition) is 5. The summed E-state index contributed by atoms with van der Waals surface area (Å²) in [6.45, 7) is 3.43. The predicted octanol–water partition coefficient (Wildman–Crippen LogP) is 1.94. The highest BCUT2D eigenvalue weighted by molar-refractivity contribution is 5.89. The van der Waals surface area contributed by atoms with Gasteiger partial charge in [0.15, 0.2) is 6.61 Å². The van der Waals surface area contributed by atoms with Crippen LogP contribution in [0.5, 0.6) is 5.75 Å². The molecule has 0 aromatic heterocycles. The van der Waals surface area contributed by atoms with Crippen molar-refractivity contribution in [2.75, 3.05) is 26.4 Å². The van der Waals surface area contributed by atoms with Crippen molar-refractivity contribution in [3.05, 3.63) is 35.9 Å². The number of rotatable bonds is 8. The van der Waals surface area contributed by atoms with Crippen molar-refractivity contribution in [2.24, 2.45) is 0 Å². The first-order chi connectivity index (χ1) is 11.7. The van der Waals surface area contributed by atoms with Gasteiger partial charge in [0, 0.05) is 19.2 Å². The van der Waals surface area contributed by atoms with Crippen LogP contribution >= 0.6 is 0 Å². The summed E-state index contributed by atoms with van der Waals surface area (Å²) in [5.41, 5.74) is 0.846. The topological polar surface area (TPSA) is 73.9 Å². The smallest absolute Gasteiger partial charge is 0.331 e. The second-order valence-corrected chi connectivity index (χ2v) is 5.38. The van der Waals surface area contributed by atoms with Crippen molar-refractivity contribution in [2.45, 2.75) is 25.9 Å². The van der Waals surface area contributed by atoms with Crippen molar-refractivity contribution >= 4 is 18.0 Å². The van der Waals surface area contributed by atoms with Crippen LogP contribution in [-0.2, 0) is 19.1 Å². The number of hydrogen-bond donors (Lipinski definition) is 1. The van der Waals surface area contributed by atoms with E-state index in [1.54, 1.807) is 6.08 Å². The van der Waals surface area contributed by atoms with Gasteiger partial charge in [0.05, 0.1) is 12.7 Å². The molecule has 1 N–H and O–H groups in total. The van der Waals surface area contributed by atoms with Gasteiger partial charge in [0.1, 0.15) is 5.75 Å². The lowest BCUT2D eigenvalue weighted by atomic mass is 10.2. The SMILES string of the molecule is CCOc1ccc(/C=C/C(=O)OCC(=O)NC[C@H]2CCCO2)cc1. The molecular weight excluding hydrogens is 310 g/mol. The maximum Gasteiger partial charge on any atom is 0.331 e. The minimum atomic E-state index is -0.559. The summed E-state index contributed by atoms with van der Waals surface area (Å²) >= 11 is 0. The van der Waals surface area contributed by atoms with Gasteiger partial charge in [-0.2, -0.15) is 0 Å². The van der Waals surface area contributed by atoms with Crippen LogP contribution < -0.4 is 10.1 Å². The highest BCUT2D eigenvalue weighted by Gasteiger charge is 2.16. The largest absolute Gasteiger partial charge is 0.494 e. The molecule has 0 spiro atoms. The molecule has 6 heteroatoms. The summed E-state index contributed by atoms with van der Waals surface area (Å²) < 4.78 is 15.6. The molecule has 1 aliphatic rings. The highest BCUT2D eigenvalue weighted by atomic mass is 16.5. The summed E-state index contributed by atoms with van der Waals surface area (Å²) in [7, 11) is 0. The Labute approximate surface area is 141 Å². The standard InChI is InChI=1S/C18H23NO5/c1-2-22-15-8-5-14(6-9-15)7-10-18(21)24-13-17(20)19-12-16-4-3-11-23-16/h5-10,16H,2-4,11-13H2,1H3,(H,19,20)/b10-7+/t16-/m1/s1. The molecule has 6 nitrogen and oxygen atoms in total. The Balaban J connectivity index is 1.67. The molecule has 2 rings (SSSR count). The number of ether oxygens (including phenoxy) is 3. The van der Waals surface area contributed by atoms with Gasteiger partial charge in [-0.1, -0.05) is 12.1 Å². The van der Waals surface area contributed by atoms with Crippen molar-refractivity contribution in [1.82, 2.24) is 5.32 Å². The minimum absolute atomic E-state index is 0.0733. The lowest BCUT2D eigenvalue weighted by Gasteiger charge is -2.10. The van der Waals surface area contributed by atoms with E-state index in [4.69, 9.17) is 14.2 Å². The third-order valence-electron chi connectivity index (χ3n) is 3.50. The molecule has 1 aromatic carbocycles. The van der Waals surface area contributed by atoms with Gasteiger partial charge in [0.2, 0.25) is 0 Å². The van der Waals surface area contributed by atoms with Gasteiger partial charge in [-0.25, -0.2) is 4.79 Å². The molecule has 1 aromatic rings. The second kappa shape index (κ2) is 9.72. The Bertz CT molecular complexity index is 561. The van der Waals surface area contributed by atoms with E-state index in [0.717, 1.165) is 30.8 Å². The molecule has 1 saturated heterocycles. The van der Waals surface area contributed by atoms with Crippen LogP contribution in [0.1, 0.15) is 25.3 Å². The molecule has 130 valence electrons. The molecule has 0 bridgehead atoms. The molecule has 1 heterocycles. The molecule has 0 radical (unpaired) electrons. The Hall–Kier alpha value is -2.34. The minimum Gasteiger partial charge on any atom is -0.494 e. The molecule has 1 amide bonds. The summed E-state index contributed by atoms with van der Waals surface area (Å²) in [5, 5.41) is 2.69. The summed E-state index contributed by atoms with van der Waals surface area (Å²) in [6, 6.07) is 7.33. The van der Waals surface area contributed by atoms with Crippen LogP contribution in [0.25, 0.3) is 6.08 Å². The van der Waals surface area contributed by atoms with E-state index in [0.29, 0.717) is 13.2 Å². The molecule has 0 saturated carbocycles. The predicted molar refractivity (Wildman–Crippen MR) is 89.6 cm³/mol. The third-order valence-corrected chi connectivity index (χ3v) is 3.50. The number of carbonyl (C=O) groups excluding carboxylic acids is 2. The van der Waals surface area contributed by atoms with Crippen LogP contribution in [0.15, 0.2) is 30.3 Å². The maximum atomic E-state index is 11.6. The monoisotopic (exact) mass is 333 g/mol. The summed E-state index contributed by atoms with van der Waals surface area (Å²) in [4.78, 5) is 23.2. The van der Waals surface area contributed by atoms with E-state index < -0.39 is 5.97 Å². The fourth-order valence-electron chi connectivity index (χ4n) is 2.27. The Morgan fingerprint density at radius 2 is 2.12 bits per heavy atom. The van der Waals surface area contributed by atoms with Gasteiger partial charge < -0.3 is 19.5 Å². The van der Waals surface area contributed by atoms with E-state index >= 15 is 0 Å². The molecule has 1 atom stereocenters. The quantitative estimate of drug-likeness (QED) is 0.581. The Kier molecular flexibility index (Phi) is 7.29. The number of amides is 1. The van der Waals surface area contributed by atoms with Crippen LogP contribution in [0.4, 0.5) is 0 Å². The molecule has 0 aliphatic carbocycles. The van der Waals surface area contributed by atoms with Crippen LogP contribution in [-0.4, -0.2) is 44.3 Å². The van der Waals surface area contributed by atoms with E-state index in [9.17, 15) is 9.59 Å². The van der Waals surface area contributed by atoms with Crippen molar-refractivity contribution < 1.29 is 23.8 Å². The number of carbonyl (C=O) groups is 2. The fourth-order valence-corrected chi connectivity index (χ4v) is 2.27. The van der Waals surface area contributed by atoms with Gasteiger partial charge in [0.25, 0.3) is 5.91 Å². The maximum absolute atomic E-state index is 11.6. The average molecular weight is 333 g/mol. The zero-order chi connectivity index (χ0) is 17.2. The van der Waals surface area contributed by atoms with Crippen LogP contribution in [0.3, 0.4) is 0 Å². The van der Waals surface area contributed by atoms with Gasteiger partial charge in [-0.15, -0.1) is 0 Å². The van der Waals surface area contributed by atoms with Crippen molar-refractivity contribution in [3.63, 3.8) is 0 Å². The summed E-state index contributed by atoms with van der Waals surface area (Å²) in [5.74, 6) is -0.107.